The van der Waals surface area contributed by atoms with Crippen molar-refractivity contribution in [3.05, 3.63) is 28.2 Å². The second-order valence-electron chi connectivity index (χ2n) is 4.27. The molecule has 20 heavy (non-hydrogen) atoms. The molecule has 1 unspecified atom stereocenters. The minimum Gasteiger partial charge on any atom is -0.492 e. The third kappa shape index (κ3) is 6.85. The van der Waals surface area contributed by atoms with Crippen molar-refractivity contribution in [3.63, 3.8) is 0 Å². The molecule has 0 heterocycles. The van der Waals surface area contributed by atoms with Gasteiger partial charge in [-0.3, -0.25) is 0 Å². The number of thioether (sulfide) groups is 1. The molecule has 114 valence electrons. The second-order valence-corrected chi connectivity index (χ2v) is 6.34. The lowest BCUT2D eigenvalue weighted by atomic mass is 10.0. The third-order valence-corrected chi connectivity index (χ3v) is 3.83. The highest BCUT2D eigenvalue weighted by Gasteiger charge is 2.27. The van der Waals surface area contributed by atoms with E-state index in [-0.39, 0.29) is 30.2 Å². The summed E-state index contributed by atoms with van der Waals surface area (Å²) >= 11 is 3.29. The molecule has 0 aliphatic heterocycles. The molecular weight excluding hydrogens is 355 g/mol. The van der Waals surface area contributed by atoms with E-state index < -0.39 is 5.51 Å². The van der Waals surface area contributed by atoms with Crippen molar-refractivity contribution < 1.29 is 17.9 Å². The van der Waals surface area contributed by atoms with Gasteiger partial charge in [0.25, 0.3) is 0 Å². The SMILES string of the molecule is CCC(N)Cc1cc(Br)ccc1OCCSC(F)(F)F. The summed E-state index contributed by atoms with van der Waals surface area (Å²) < 4.78 is 42.4. The number of ether oxygens (including phenoxy) is 1. The van der Waals surface area contributed by atoms with Crippen molar-refractivity contribution in [2.24, 2.45) is 5.73 Å². The van der Waals surface area contributed by atoms with Crippen molar-refractivity contribution in [2.45, 2.75) is 31.3 Å². The smallest absolute Gasteiger partial charge is 0.441 e. The van der Waals surface area contributed by atoms with E-state index in [9.17, 15) is 13.2 Å². The zero-order valence-corrected chi connectivity index (χ0v) is 13.4. The Bertz CT molecular complexity index is 429. The highest BCUT2D eigenvalue weighted by atomic mass is 79.9. The first-order valence-electron chi connectivity index (χ1n) is 6.19. The Labute approximate surface area is 129 Å². The van der Waals surface area contributed by atoms with Crippen LogP contribution in [0.15, 0.2) is 22.7 Å². The lowest BCUT2D eigenvalue weighted by Crippen LogP contribution is -2.22. The predicted octanol–water partition coefficient (Wildman–Crippen LogP) is 4.36. The quantitative estimate of drug-likeness (QED) is 0.723. The van der Waals surface area contributed by atoms with Gasteiger partial charge in [-0.05, 0) is 48.4 Å². The minimum atomic E-state index is -4.21. The number of rotatable bonds is 7. The Morgan fingerprint density at radius 2 is 2.10 bits per heavy atom. The number of nitrogens with two attached hydrogens (primary N) is 1. The zero-order valence-electron chi connectivity index (χ0n) is 11.0. The van der Waals surface area contributed by atoms with Crippen LogP contribution in [0.25, 0.3) is 0 Å². The summed E-state index contributed by atoms with van der Waals surface area (Å²) in [5.74, 6) is 0.471. The molecule has 0 saturated carbocycles. The lowest BCUT2D eigenvalue weighted by Gasteiger charge is -2.15. The maximum atomic E-state index is 12.0. The maximum Gasteiger partial charge on any atom is 0.441 e. The maximum absolute atomic E-state index is 12.0. The predicted molar refractivity (Wildman–Crippen MR) is 80.1 cm³/mol. The van der Waals surface area contributed by atoms with Crippen molar-refractivity contribution in [3.8, 4) is 5.75 Å². The number of benzene rings is 1. The summed E-state index contributed by atoms with van der Waals surface area (Å²) in [6.45, 7) is 2.00. The Kier molecular flexibility index (Phi) is 7.19. The van der Waals surface area contributed by atoms with Gasteiger partial charge in [0, 0.05) is 16.3 Å². The van der Waals surface area contributed by atoms with Crippen LogP contribution >= 0.6 is 27.7 Å². The number of hydrogen-bond acceptors (Lipinski definition) is 3. The van der Waals surface area contributed by atoms with Crippen LogP contribution in [0.3, 0.4) is 0 Å². The molecule has 0 saturated heterocycles. The fraction of sp³-hybridized carbons (Fsp3) is 0.538. The summed E-state index contributed by atoms with van der Waals surface area (Å²) in [5.41, 5.74) is 2.61. The molecular formula is C13H17BrF3NOS. The van der Waals surface area contributed by atoms with Crippen LogP contribution in [0.5, 0.6) is 5.75 Å². The molecule has 0 bridgehead atoms. The molecule has 2 nitrogen and oxygen atoms in total. The van der Waals surface area contributed by atoms with Crippen molar-refractivity contribution >= 4 is 27.7 Å². The molecule has 7 heteroatoms. The van der Waals surface area contributed by atoms with E-state index in [1.165, 1.54) is 0 Å². The van der Waals surface area contributed by atoms with Crippen LogP contribution in [0.2, 0.25) is 0 Å². The Balaban J connectivity index is 2.60. The van der Waals surface area contributed by atoms with E-state index in [1.807, 2.05) is 13.0 Å². The Morgan fingerprint density at radius 1 is 1.40 bits per heavy atom. The average molecular weight is 372 g/mol. The molecule has 1 rings (SSSR count). The van der Waals surface area contributed by atoms with Gasteiger partial charge in [0.2, 0.25) is 0 Å². The highest BCUT2D eigenvalue weighted by molar-refractivity contribution is 9.10. The third-order valence-electron chi connectivity index (χ3n) is 2.64. The molecule has 1 aromatic carbocycles. The molecule has 1 aromatic rings. The van der Waals surface area contributed by atoms with E-state index in [0.717, 1.165) is 16.5 Å². The van der Waals surface area contributed by atoms with Gasteiger partial charge in [-0.25, -0.2) is 0 Å². The van der Waals surface area contributed by atoms with E-state index in [4.69, 9.17) is 10.5 Å². The average Bonchev–Trinajstić information content (AvgIpc) is 2.35. The van der Waals surface area contributed by atoms with E-state index in [2.05, 4.69) is 15.9 Å². The molecule has 1 atom stereocenters. The van der Waals surface area contributed by atoms with Gasteiger partial charge in [-0.15, -0.1) is 0 Å². The molecule has 0 fully saturated rings. The van der Waals surface area contributed by atoms with Crippen LogP contribution < -0.4 is 10.5 Å². The summed E-state index contributed by atoms with van der Waals surface area (Å²) in [4.78, 5) is 0. The van der Waals surface area contributed by atoms with Crippen LogP contribution in [-0.2, 0) is 6.42 Å². The highest BCUT2D eigenvalue weighted by Crippen LogP contribution is 2.30. The summed E-state index contributed by atoms with van der Waals surface area (Å²) in [5, 5.41) is 0. The van der Waals surface area contributed by atoms with Gasteiger partial charge in [0.15, 0.2) is 0 Å². The second kappa shape index (κ2) is 8.14. The van der Waals surface area contributed by atoms with E-state index in [1.54, 1.807) is 12.1 Å². The number of hydrogen-bond donors (Lipinski definition) is 1. The van der Waals surface area contributed by atoms with Gasteiger partial charge < -0.3 is 10.5 Å². The fourth-order valence-corrected chi connectivity index (χ4v) is 2.39. The van der Waals surface area contributed by atoms with Crippen molar-refractivity contribution in [1.29, 1.82) is 0 Å². The lowest BCUT2D eigenvalue weighted by molar-refractivity contribution is -0.0329. The molecule has 0 aliphatic rings. The normalized spacial score (nSPS) is 13.3. The number of halogens is 4. The molecule has 0 amide bonds. The van der Waals surface area contributed by atoms with Gasteiger partial charge in [0.05, 0.1) is 6.61 Å². The van der Waals surface area contributed by atoms with Crippen LogP contribution in [0.4, 0.5) is 13.2 Å². The summed E-state index contributed by atoms with van der Waals surface area (Å²) in [6, 6.07) is 5.45. The molecule has 0 aromatic heterocycles. The van der Waals surface area contributed by atoms with Gasteiger partial charge >= 0.3 is 5.51 Å². The molecule has 0 aliphatic carbocycles. The fourth-order valence-electron chi connectivity index (χ4n) is 1.58. The van der Waals surface area contributed by atoms with Crippen LogP contribution in [0, 0.1) is 0 Å². The Hall–Kier alpha value is -0.400. The number of alkyl halides is 3. The first-order chi connectivity index (χ1) is 9.31. The van der Waals surface area contributed by atoms with E-state index in [0.29, 0.717) is 12.2 Å². The Morgan fingerprint density at radius 3 is 2.70 bits per heavy atom. The molecule has 0 radical (unpaired) electrons. The largest absolute Gasteiger partial charge is 0.492 e. The van der Waals surface area contributed by atoms with Crippen molar-refractivity contribution in [2.75, 3.05) is 12.4 Å². The summed E-state index contributed by atoms with van der Waals surface area (Å²) in [6.07, 6.45) is 1.47. The topological polar surface area (TPSA) is 35.2 Å². The van der Waals surface area contributed by atoms with Crippen molar-refractivity contribution in [1.82, 2.24) is 0 Å². The molecule has 2 N–H and O–H groups in total. The first-order valence-corrected chi connectivity index (χ1v) is 7.97. The van der Waals surface area contributed by atoms with E-state index >= 15 is 0 Å². The first kappa shape index (κ1) is 17.7. The summed E-state index contributed by atoms with van der Waals surface area (Å²) in [7, 11) is 0. The minimum absolute atomic E-state index is 0.0104. The zero-order chi connectivity index (χ0) is 15.2. The van der Waals surface area contributed by atoms with Crippen LogP contribution in [-0.4, -0.2) is 23.9 Å². The van der Waals surface area contributed by atoms with Crippen LogP contribution in [0.1, 0.15) is 18.9 Å². The van der Waals surface area contributed by atoms with Gasteiger partial charge in [0.1, 0.15) is 5.75 Å². The van der Waals surface area contributed by atoms with Gasteiger partial charge in [-0.2, -0.15) is 13.2 Å². The monoisotopic (exact) mass is 371 g/mol. The molecule has 0 spiro atoms. The van der Waals surface area contributed by atoms with Gasteiger partial charge in [-0.1, -0.05) is 22.9 Å². The standard InChI is InChI=1S/C13H17BrF3NOS/c1-2-11(18)8-9-7-10(14)3-4-12(9)19-5-6-20-13(15,16)17/h3-4,7,11H,2,5-6,8,18H2,1H3.